The molecular weight excluding hydrogens is 232 g/mol. The smallest absolute Gasteiger partial charge is 0.248 e. The van der Waals surface area contributed by atoms with Gasteiger partial charge >= 0.3 is 0 Å². The summed E-state index contributed by atoms with van der Waals surface area (Å²) in [6, 6.07) is 0. The maximum Gasteiger partial charge on any atom is 0.248 e. The Morgan fingerprint density at radius 1 is 1.33 bits per heavy atom. The maximum atomic E-state index is 9.25. The summed E-state index contributed by atoms with van der Waals surface area (Å²) in [5, 5.41) is 17.5. The van der Waals surface area contributed by atoms with Gasteiger partial charge in [-0.05, 0) is 13.8 Å². The van der Waals surface area contributed by atoms with Crippen molar-refractivity contribution in [1.29, 1.82) is 0 Å². The topological polar surface area (TPSA) is 77.0 Å². The van der Waals surface area contributed by atoms with Crippen LogP contribution < -0.4 is 0 Å². The summed E-state index contributed by atoms with van der Waals surface area (Å²) in [5.41, 5.74) is 2.62. The average molecular weight is 250 g/mol. The number of hydrogen-bond acceptors (Lipinski definition) is 5. The second-order valence-electron chi connectivity index (χ2n) is 4.67. The molecule has 0 bridgehead atoms. The second kappa shape index (κ2) is 4.89. The highest BCUT2D eigenvalue weighted by atomic mass is 16.5. The number of nitrogens with zero attached hydrogens (tertiary/aromatic N) is 4. The summed E-state index contributed by atoms with van der Waals surface area (Å²) in [5.74, 6) is 1.48. The molecule has 0 fully saturated rings. The average Bonchev–Trinajstić information content (AvgIpc) is 2.86. The van der Waals surface area contributed by atoms with Crippen molar-refractivity contribution in [3.05, 3.63) is 28.7 Å². The Morgan fingerprint density at radius 2 is 2.06 bits per heavy atom. The molecule has 0 aliphatic rings. The van der Waals surface area contributed by atoms with E-state index in [4.69, 9.17) is 4.52 Å². The van der Waals surface area contributed by atoms with Crippen molar-refractivity contribution in [2.75, 3.05) is 0 Å². The van der Waals surface area contributed by atoms with E-state index in [1.54, 1.807) is 4.68 Å². The van der Waals surface area contributed by atoms with Gasteiger partial charge in [-0.25, -0.2) is 0 Å². The zero-order chi connectivity index (χ0) is 13.3. The fourth-order valence-corrected chi connectivity index (χ4v) is 1.81. The highest BCUT2D eigenvalue weighted by Crippen LogP contribution is 2.15. The van der Waals surface area contributed by atoms with E-state index in [0.717, 1.165) is 17.0 Å². The maximum absolute atomic E-state index is 9.25. The largest absolute Gasteiger partial charge is 0.392 e. The molecule has 2 aromatic rings. The van der Waals surface area contributed by atoms with E-state index in [2.05, 4.69) is 15.2 Å². The molecule has 0 aromatic carbocycles. The van der Waals surface area contributed by atoms with Crippen molar-refractivity contribution in [2.24, 2.45) is 0 Å². The standard InChI is InChI=1S/C12H18N4O2/c1-7(2)12-13-11(18-15-12)5-16-9(4)10(6-17)8(3)14-16/h7,17H,5-6H2,1-4H3. The van der Waals surface area contributed by atoms with Crippen LogP contribution in [0, 0.1) is 13.8 Å². The van der Waals surface area contributed by atoms with E-state index < -0.39 is 0 Å². The predicted octanol–water partition coefficient (Wildman–Crippen LogP) is 1.55. The molecule has 0 aliphatic carbocycles. The molecule has 0 aliphatic heterocycles. The van der Waals surface area contributed by atoms with Gasteiger partial charge in [-0.3, -0.25) is 4.68 Å². The number of hydrogen-bond donors (Lipinski definition) is 1. The molecule has 0 saturated heterocycles. The molecule has 98 valence electrons. The number of aryl methyl sites for hydroxylation is 1. The van der Waals surface area contributed by atoms with Gasteiger partial charge in [-0.2, -0.15) is 10.1 Å². The molecule has 6 nitrogen and oxygen atoms in total. The lowest BCUT2D eigenvalue weighted by Gasteiger charge is -2.00. The van der Waals surface area contributed by atoms with Crippen LogP contribution in [0.2, 0.25) is 0 Å². The van der Waals surface area contributed by atoms with Crippen LogP contribution >= 0.6 is 0 Å². The molecule has 2 rings (SSSR count). The third kappa shape index (κ3) is 2.28. The Kier molecular flexibility index (Phi) is 3.47. The van der Waals surface area contributed by atoms with E-state index in [-0.39, 0.29) is 12.5 Å². The Hall–Kier alpha value is -1.69. The highest BCUT2D eigenvalue weighted by Gasteiger charge is 2.14. The van der Waals surface area contributed by atoms with Gasteiger partial charge in [0.25, 0.3) is 0 Å². The van der Waals surface area contributed by atoms with Crippen molar-refractivity contribution in [3.63, 3.8) is 0 Å². The fraction of sp³-hybridized carbons (Fsp3) is 0.583. The van der Waals surface area contributed by atoms with Gasteiger partial charge in [0.2, 0.25) is 5.89 Å². The highest BCUT2D eigenvalue weighted by molar-refractivity contribution is 5.23. The number of rotatable bonds is 4. The minimum atomic E-state index is -0.00125. The summed E-state index contributed by atoms with van der Waals surface area (Å²) < 4.78 is 6.96. The van der Waals surface area contributed by atoms with Gasteiger partial charge in [0.1, 0.15) is 6.54 Å². The molecule has 0 amide bonds. The predicted molar refractivity (Wildman–Crippen MR) is 65.1 cm³/mol. The second-order valence-corrected chi connectivity index (χ2v) is 4.67. The Balaban J connectivity index is 2.23. The molecule has 0 saturated carbocycles. The summed E-state index contributed by atoms with van der Waals surface area (Å²) >= 11 is 0. The molecule has 0 unspecified atom stereocenters. The van der Waals surface area contributed by atoms with Crippen LogP contribution in [0.4, 0.5) is 0 Å². The van der Waals surface area contributed by atoms with Gasteiger partial charge in [0.05, 0.1) is 12.3 Å². The van der Waals surface area contributed by atoms with E-state index in [1.807, 2.05) is 27.7 Å². The monoisotopic (exact) mass is 250 g/mol. The first-order valence-corrected chi connectivity index (χ1v) is 5.99. The number of aromatic nitrogens is 4. The van der Waals surface area contributed by atoms with Crippen molar-refractivity contribution in [2.45, 2.75) is 46.8 Å². The normalized spacial score (nSPS) is 11.4. The van der Waals surface area contributed by atoms with Gasteiger partial charge in [-0.15, -0.1) is 0 Å². The minimum Gasteiger partial charge on any atom is -0.392 e. The molecule has 0 atom stereocenters. The number of aliphatic hydroxyl groups is 1. The first-order valence-electron chi connectivity index (χ1n) is 5.99. The molecule has 0 spiro atoms. The molecule has 2 heterocycles. The fourth-order valence-electron chi connectivity index (χ4n) is 1.81. The molecule has 18 heavy (non-hydrogen) atoms. The van der Waals surface area contributed by atoms with Gasteiger partial charge in [0, 0.05) is 17.2 Å². The Morgan fingerprint density at radius 3 is 2.56 bits per heavy atom. The van der Waals surface area contributed by atoms with E-state index in [0.29, 0.717) is 18.3 Å². The van der Waals surface area contributed by atoms with Gasteiger partial charge < -0.3 is 9.63 Å². The quantitative estimate of drug-likeness (QED) is 0.890. The van der Waals surface area contributed by atoms with Crippen molar-refractivity contribution >= 4 is 0 Å². The first kappa shape index (κ1) is 12.8. The summed E-state index contributed by atoms with van der Waals surface area (Å²) in [7, 11) is 0. The van der Waals surface area contributed by atoms with Crippen LogP contribution in [0.3, 0.4) is 0 Å². The van der Waals surface area contributed by atoms with Crippen LogP contribution in [0.1, 0.15) is 48.4 Å². The first-order chi connectivity index (χ1) is 8.52. The third-order valence-electron chi connectivity index (χ3n) is 2.97. The lowest BCUT2D eigenvalue weighted by Crippen LogP contribution is -2.05. The molecule has 1 N–H and O–H groups in total. The summed E-state index contributed by atoms with van der Waals surface area (Å²) in [4.78, 5) is 4.31. The SMILES string of the molecule is Cc1nn(Cc2nc(C(C)C)no2)c(C)c1CO. The Labute approximate surface area is 106 Å². The molecule has 6 heteroatoms. The summed E-state index contributed by atoms with van der Waals surface area (Å²) in [6.45, 7) is 8.27. The van der Waals surface area contributed by atoms with Crippen LogP contribution in [0.25, 0.3) is 0 Å². The third-order valence-corrected chi connectivity index (χ3v) is 2.97. The van der Waals surface area contributed by atoms with Crippen molar-refractivity contribution in [1.82, 2.24) is 19.9 Å². The van der Waals surface area contributed by atoms with Crippen LogP contribution in [-0.4, -0.2) is 25.0 Å². The number of aliphatic hydroxyl groups excluding tert-OH is 1. The van der Waals surface area contributed by atoms with E-state index in [9.17, 15) is 5.11 Å². The van der Waals surface area contributed by atoms with Gasteiger partial charge in [0.15, 0.2) is 5.82 Å². The van der Waals surface area contributed by atoms with Crippen LogP contribution in [0.5, 0.6) is 0 Å². The molecular formula is C12H18N4O2. The lowest BCUT2D eigenvalue weighted by atomic mass is 10.2. The van der Waals surface area contributed by atoms with Gasteiger partial charge in [-0.1, -0.05) is 19.0 Å². The van der Waals surface area contributed by atoms with Crippen molar-refractivity contribution < 1.29 is 9.63 Å². The van der Waals surface area contributed by atoms with E-state index >= 15 is 0 Å². The van der Waals surface area contributed by atoms with Crippen LogP contribution in [-0.2, 0) is 13.2 Å². The zero-order valence-electron chi connectivity index (χ0n) is 11.1. The van der Waals surface area contributed by atoms with Crippen molar-refractivity contribution in [3.8, 4) is 0 Å². The Bertz CT molecular complexity index is 542. The molecule has 0 radical (unpaired) electrons. The minimum absolute atomic E-state index is 0.00125. The zero-order valence-corrected chi connectivity index (χ0v) is 11.1. The van der Waals surface area contributed by atoms with Crippen LogP contribution in [0.15, 0.2) is 4.52 Å². The van der Waals surface area contributed by atoms with E-state index in [1.165, 1.54) is 0 Å². The summed E-state index contributed by atoms with van der Waals surface area (Å²) in [6.07, 6.45) is 0. The lowest BCUT2D eigenvalue weighted by molar-refractivity contribution is 0.280. The molecule has 2 aromatic heterocycles.